The van der Waals surface area contributed by atoms with Gasteiger partial charge >= 0.3 is 0 Å². The molecule has 0 aromatic carbocycles. The summed E-state index contributed by atoms with van der Waals surface area (Å²) < 4.78 is 0. The highest BCUT2D eigenvalue weighted by Gasteiger charge is 2.26. The Kier molecular flexibility index (Phi) is 3.80. The first-order valence-electron chi connectivity index (χ1n) is 5.96. The Hall–Kier alpha value is -0.120. The number of rotatable bonds is 1. The molecule has 0 radical (unpaired) electrons. The maximum absolute atomic E-state index is 3.54. The van der Waals surface area contributed by atoms with Gasteiger partial charge in [-0.1, -0.05) is 0 Å². The first-order chi connectivity index (χ1) is 6.68. The number of nitrogens with one attached hydrogen (secondary N) is 1. The number of piperazine rings is 1. The van der Waals surface area contributed by atoms with Gasteiger partial charge in [-0.3, -0.25) is 4.90 Å². The lowest BCUT2D eigenvalue weighted by atomic mass is 10.1. The molecule has 0 aliphatic carbocycles. The first kappa shape index (κ1) is 12.9. The molecule has 1 aliphatic rings. The quantitative estimate of drug-likeness (QED) is 0.715. The Morgan fingerprint density at radius 3 is 1.60 bits per heavy atom. The van der Waals surface area contributed by atoms with E-state index < -0.39 is 0 Å². The van der Waals surface area contributed by atoms with Gasteiger partial charge in [0.2, 0.25) is 0 Å². The Labute approximate surface area is 94.8 Å². The lowest BCUT2D eigenvalue weighted by molar-refractivity contribution is 0.0198. The number of hydrogen-bond donors (Lipinski definition) is 1. The van der Waals surface area contributed by atoms with Crippen LogP contribution in [0.15, 0.2) is 0 Å². The minimum absolute atomic E-state index is 0.184. The number of hydrazine groups is 1. The molecule has 1 fully saturated rings. The molecule has 0 aromatic heterocycles. The van der Waals surface area contributed by atoms with E-state index in [0.29, 0.717) is 5.54 Å². The summed E-state index contributed by atoms with van der Waals surface area (Å²) in [4.78, 5) is 2.55. The van der Waals surface area contributed by atoms with Gasteiger partial charge in [-0.15, -0.1) is 0 Å². The Bertz CT molecular complexity index is 192. The van der Waals surface area contributed by atoms with Crippen molar-refractivity contribution in [1.29, 1.82) is 0 Å². The summed E-state index contributed by atoms with van der Waals surface area (Å²) in [5.41, 5.74) is 4.03. The predicted octanol–water partition coefficient (Wildman–Crippen LogP) is 1.71. The molecule has 0 aromatic rings. The van der Waals surface area contributed by atoms with Crippen molar-refractivity contribution in [3.8, 4) is 0 Å². The molecule has 0 unspecified atom stereocenters. The molecule has 1 aliphatic heterocycles. The summed E-state index contributed by atoms with van der Waals surface area (Å²) >= 11 is 0. The standard InChI is InChI=1S/C12H27N3/c1-11(2,3)13-15-9-7-14(8-10-15)12(4,5)6/h13H,7-10H2,1-6H3. The summed E-state index contributed by atoms with van der Waals surface area (Å²) in [5.74, 6) is 0. The highest BCUT2D eigenvalue weighted by atomic mass is 15.5. The fourth-order valence-corrected chi connectivity index (χ4v) is 1.96. The molecule has 3 heteroatoms. The number of nitrogens with zero attached hydrogens (tertiary/aromatic N) is 2. The van der Waals surface area contributed by atoms with Crippen LogP contribution in [0.4, 0.5) is 0 Å². The third-order valence-corrected chi connectivity index (χ3v) is 2.72. The van der Waals surface area contributed by atoms with Crippen molar-refractivity contribution in [2.24, 2.45) is 0 Å². The lowest BCUT2D eigenvalue weighted by Crippen LogP contribution is -2.59. The SMILES string of the molecule is CC(C)(C)NN1CCN(C(C)(C)C)CC1. The summed E-state index contributed by atoms with van der Waals surface area (Å²) in [5, 5.41) is 2.35. The minimum Gasteiger partial charge on any atom is -0.296 e. The molecule has 1 rings (SSSR count). The molecule has 90 valence electrons. The molecular weight excluding hydrogens is 186 g/mol. The Morgan fingerprint density at radius 2 is 1.27 bits per heavy atom. The van der Waals surface area contributed by atoms with E-state index in [1.807, 2.05) is 0 Å². The zero-order chi connectivity index (χ0) is 11.7. The molecule has 0 atom stereocenters. The van der Waals surface area contributed by atoms with Crippen molar-refractivity contribution in [1.82, 2.24) is 15.3 Å². The van der Waals surface area contributed by atoms with Crippen LogP contribution in [-0.4, -0.2) is 47.2 Å². The fraction of sp³-hybridized carbons (Fsp3) is 1.00. The van der Waals surface area contributed by atoms with Gasteiger partial charge in [0.1, 0.15) is 0 Å². The van der Waals surface area contributed by atoms with E-state index in [0.717, 1.165) is 26.2 Å². The summed E-state index contributed by atoms with van der Waals surface area (Å²) in [7, 11) is 0. The van der Waals surface area contributed by atoms with E-state index in [4.69, 9.17) is 0 Å². The molecule has 0 spiro atoms. The Morgan fingerprint density at radius 1 is 0.800 bits per heavy atom. The minimum atomic E-state index is 0.184. The van der Waals surface area contributed by atoms with E-state index in [-0.39, 0.29) is 5.54 Å². The van der Waals surface area contributed by atoms with Gasteiger partial charge in [0, 0.05) is 37.3 Å². The molecule has 1 heterocycles. The van der Waals surface area contributed by atoms with Crippen molar-refractivity contribution in [3.63, 3.8) is 0 Å². The smallest absolute Gasteiger partial charge is 0.0259 e. The van der Waals surface area contributed by atoms with Crippen LogP contribution in [0.1, 0.15) is 41.5 Å². The van der Waals surface area contributed by atoms with Crippen LogP contribution in [0, 0.1) is 0 Å². The van der Waals surface area contributed by atoms with Gasteiger partial charge in [-0.05, 0) is 41.5 Å². The van der Waals surface area contributed by atoms with Gasteiger partial charge in [-0.2, -0.15) is 0 Å². The summed E-state index contributed by atoms with van der Waals surface area (Å²) in [6, 6.07) is 0. The molecule has 3 nitrogen and oxygen atoms in total. The Balaban J connectivity index is 2.37. The van der Waals surface area contributed by atoms with E-state index in [2.05, 4.69) is 56.9 Å². The van der Waals surface area contributed by atoms with E-state index in [9.17, 15) is 0 Å². The van der Waals surface area contributed by atoms with Crippen LogP contribution in [0.5, 0.6) is 0 Å². The number of hydrogen-bond acceptors (Lipinski definition) is 3. The largest absolute Gasteiger partial charge is 0.296 e. The van der Waals surface area contributed by atoms with Gasteiger partial charge in [0.15, 0.2) is 0 Å². The van der Waals surface area contributed by atoms with E-state index in [1.165, 1.54) is 0 Å². The van der Waals surface area contributed by atoms with Crippen LogP contribution < -0.4 is 5.43 Å². The monoisotopic (exact) mass is 213 g/mol. The molecule has 1 saturated heterocycles. The predicted molar refractivity (Wildman–Crippen MR) is 65.8 cm³/mol. The molecule has 15 heavy (non-hydrogen) atoms. The molecule has 1 N–H and O–H groups in total. The van der Waals surface area contributed by atoms with Crippen molar-refractivity contribution >= 4 is 0 Å². The van der Waals surface area contributed by atoms with Gasteiger partial charge in [0.25, 0.3) is 0 Å². The van der Waals surface area contributed by atoms with Crippen molar-refractivity contribution in [2.45, 2.75) is 52.6 Å². The molecule has 0 bridgehead atoms. The lowest BCUT2D eigenvalue weighted by Gasteiger charge is -2.44. The second kappa shape index (κ2) is 4.40. The van der Waals surface area contributed by atoms with Gasteiger partial charge in [-0.25, -0.2) is 10.4 Å². The molecule has 0 saturated carbocycles. The highest BCUT2D eigenvalue weighted by Crippen LogP contribution is 2.15. The second-order valence-corrected chi connectivity index (χ2v) is 6.51. The van der Waals surface area contributed by atoms with Crippen LogP contribution in [-0.2, 0) is 0 Å². The third kappa shape index (κ3) is 4.49. The van der Waals surface area contributed by atoms with E-state index in [1.54, 1.807) is 0 Å². The summed E-state index contributed by atoms with van der Waals surface area (Å²) in [6.07, 6.45) is 0. The third-order valence-electron chi connectivity index (χ3n) is 2.72. The van der Waals surface area contributed by atoms with Crippen LogP contribution in [0.2, 0.25) is 0 Å². The molecular formula is C12H27N3. The van der Waals surface area contributed by atoms with E-state index >= 15 is 0 Å². The van der Waals surface area contributed by atoms with Crippen molar-refractivity contribution in [2.75, 3.05) is 26.2 Å². The zero-order valence-electron chi connectivity index (χ0n) is 11.2. The highest BCUT2D eigenvalue weighted by molar-refractivity contribution is 4.82. The van der Waals surface area contributed by atoms with Crippen molar-refractivity contribution < 1.29 is 0 Å². The first-order valence-corrected chi connectivity index (χ1v) is 5.96. The molecule has 0 amide bonds. The average molecular weight is 213 g/mol. The summed E-state index contributed by atoms with van der Waals surface area (Å²) in [6.45, 7) is 18.1. The zero-order valence-corrected chi connectivity index (χ0v) is 11.2. The normalized spacial score (nSPS) is 22.0. The fourth-order valence-electron chi connectivity index (χ4n) is 1.96. The van der Waals surface area contributed by atoms with Gasteiger partial charge in [0.05, 0.1) is 0 Å². The van der Waals surface area contributed by atoms with Crippen LogP contribution in [0.3, 0.4) is 0 Å². The second-order valence-electron chi connectivity index (χ2n) is 6.51. The van der Waals surface area contributed by atoms with Crippen LogP contribution in [0.25, 0.3) is 0 Å². The van der Waals surface area contributed by atoms with Gasteiger partial charge < -0.3 is 0 Å². The topological polar surface area (TPSA) is 18.5 Å². The maximum Gasteiger partial charge on any atom is 0.0259 e. The maximum atomic E-state index is 3.54. The average Bonchev–Trinajstić information content (AvgIpc) is 2.00. The van der Waals surface area contributed by atoms with Crippen LogP contribution >= 0.6 is 0 Å². The van der Waals surface area contributed by atoms with Crippen molar-refractivity contribution in [3.05, 3.63) is 0 Å².